The van der Waals surface area contributed by atoms with Crippen LogP contribution in [-0.4, -0.2) is 17.1 Å². The minimum atomic E-state index is 0.245. The van der Waals surface area contributed by atoms with Crippen molar-refractivity contribution in [1.82, 2.24) is 10.3 Å². The fourth-order valence-corrected chi connectivity index (χ4v) is 3.21. The largest absolute Gasteiger partial charge is 0.311 e. The topological polar surface area (TPSA) is 24.9 Å². The van der Waals surface area contributed by atoms with Gasteiger partial charge in [-0.15, -0.1) is 0 Å². The van der Waals surface area contributed by atoms with Gasteiger partial charge in [-0.3, -0.25) is 4.98 Å². The van der Waals surface area contributed by atoms with E-state index < -0.39 is 0 Å². The number of rotatable bonds is 3. The third kappa shape index (κ3) is 2.37. The molecule has 0 bridgehead atoms. The molecular weight excluding hydrogens is 232 g/mol. The van der Waals surface area contributed by atoms with Crippen LogP contribution in [0.4, 0.5) is 0 Å². The Morgan fingerprint density at radius 2 is 2.05 bits per heavy atom. The van der Waals surface area contributed by atoms with Crippen molar-refractivity contribution in [2.75, 3.05) is 6.54 Å². The lowest BCUT2D eigenvalue weighted by molar-refractivity contribution is 0.267. The van der Waals surface area contributed by atoms with Gasteiger partial charge in [-0.05, 0) is 37.4 Å². The molecule has 1 aromatic heterocycles. The van der Waals surface area contributed by atoms with Crippen LogP contribution in [-0.2, 0) is 6.42 Å². The van der Waals surface area contributed by atoms with Crippen molar-refractivity contribution in [1.29, 1.82) is 0 Å². The Morgan fingerprint density at radius 1 is 1.21 bits per heavy atom. The second-order valence-corrected chi connectivity index (χ2v) is 6.01. The molecule has 1 aromatic carbocycles. The normalized spacial score (nSPS) is 23.3. The molecule has 0 aliphatic carbocycles. The molecule has 1 N–H and O–H groups in total. The maximum absolute atomic E-state index is 4.83. The Bertz CT molecular complexity index is 568. The molecular formula is C17H22N2. The number of aromatic nitrogens is 1. The molecule has 1 fully saturated rings. The number of nitrogens with zero attached hydrogens (tertiary/aromatic N) is 1. The van der Waals surface area contributed by atoms with E-state index in [-0.39, 0.29) is 5.54 Å². The van der Waals surface area contributed by atoms with E-state index in [1.165, 1.54) is 23.9 Å². The molecule has 1 aliphatic heterocycles. The molecule has 0 radical (unpaired) electrons. The molecule has 2 heterocycles. The smallest absolute Gasteiger partial charge is 0.0705 e. The van der Waals surface area contributed by atoms with Gasteiger partial charge in [0.25, 0.3) is 0 Å². The molecule has 3 rings (SSSR count). The number of hydrogen-bond donors (Lipinski definition) is 1. The second kappa shape index (κ2) is 4.93. The van der Waals surface area contributed by atoms with E-state index in [9.17, 15) is 0 Å². The number of benzene rings is 1. The summed E-state index contributed by atoms with van der Waals surface area (Å²) >= 11 is 0. The highest BCUT2D eigenvalue weighted by Gasteiger charge is 2.36. The van der Waals surface area contributed by atoms with Crippen LogP contribution in [0, 0.1) is 5.92 Å². The van der Waals surface area contributed by atoms with Gasteiger partial charge >= 0.3 is 0 Å². The van der Waals surface area contributed by atoms with Gasteiger partial charge in [-0.1, -0.05) is 38.1 Å². The van der Waals surface area contributed by atoms with Crippen LogP contribution in [0.1, 0.15) is 32.4 Å². The zero-order valence-corrected chi connectivity index (χ0v) is 11.8. The van der Waals surface area contributed by atoms with Crippen LogP contribution >= 0.6 is 0 Å². The molecule has 100 valence electrons. The SMILES string of the molecule is CC(C)C1(Cc2ccc3ccccc3n2)CCCN1. The Kier molecular flexibility index (Phi) is 3.28. The van der Waals surface area contributed by atoms with Crippen LogP contribution in [0.15, 0.2) is 36.4 Å². The van der Waals surface area contributed by atoms with E-state index in [0.29, 0.717) is 5.92 Å². The summed E-state index contributed by atoms with van der Waals surface area (Å²) in [6, 6.07) is 12.7. The monoisotopic (exact) mass is 254 g/mol. The standard InChI is InChI=1S/C17H22N2/c1-13(2)17(10-5-11-18-17)12-15-9-8-14-6-3-4-7-16(14)19-15/h3-4,6-9,13,18H,5,10-12H2,1-2H3. The van der Waals surface area contributed by atoms with Crippen molar-refractivity contribution < 1.29 is 0 Å². The van der Waals surface area contributed by atoms with Crippen LogP contribution in [0.25, 0.3) is 10.9 Å². The van der Waals surface area contributed by atoms with Gasteiger partial charge in [0, 0.05) is 23.0 Å². The first kappa shape index (κ1) is 12.6. The molecule has 1 aliphatic rings. The summed E-state index contributed by atoms with van der Waals surface area (Å²) in [5, 5.41) is 4.95. The van der Waals surface area contributed by atoms with Crippen LogP contribution < -0.4 is 5.32 Å². The van der Waals surface area contributed by atoms with Crippen molar-refractivity contribution in [3.05, 3.63) is 42.1 Å². The van der Waals surface area contributed by atoms with E-state index >= 15 is 0 Å². The molecule has 0 spiro atoms. The van der Waals surface area contributed by atoms with Crippen molar-refractivity contribution in [3.8, 4) is 0 Å². The highest BCUT2D eigenvalue weighted by Crippen LogP contribution is 2.31. The summed E-state index contributed by atoms with van der Waals surface area (Å²) < 4.78 is 0. The van der Waals surface area contributed by atoms with Crippen LogP contribution in [0.2, 0.25) is 0 Å². The van der Waals surface area contributed by atoms with Crippen molar-refractivity contribution >= 4 is 10.9 Å². The Hall–Kier alpha value is -1.41. The maximum atomic E-state index is 4.83. The summed E-state index contributed by atoms with van der Waals surface area (Å²) in [4.78, 5) is 4.83. The zero-order chi connectivity index (χ0) is 13.3. The molecule has 1 saturated heterocycles. The van der Waals surface area contributed by atoms with Crippen LogP contribution in [0.3, 0.4) is 0 Å². The summed E-state index contributed by atoms with van der Waals surface area (Å²) in [6.07, 6.45) is 3.58. The third-order valence-electron chi connectivity index (χ3n) is 4.53. The molecule has 2 aromatic rings. The quantitative estimate of drug-likeness (QED) is 0.906. The van der Waals surface area contributed by atoms with Gasteiger partial charge in [-0.25, -0.2) is 0 Å². The van der Waals surface area contributed by atoms with Gasteiger partial charge in [0.1, 0.15) is 0 Å². The lowest BCUT2D eigenvalue weighted by atomic mass is 9.81. The highest BCUT2D eigenvalue weighted by molar-refractivity contribution is 5.78. The van der Waals surface area contributed by atoms with Gasteiger partial charge in [0.2, 0.25) is 0 Å². The predicted octanol–water partition coefficient (Wildman–Crippen LogP) is 3.56. The van der Waals surface area contributed by atoms with E-state index in [1.807, 2.05) is 0 Å². The molecule has 19 heavy (non-hydrogen) atoms. The van der Waals surface area contributed by atoms with Gasteiger partial charge in [0.05, 0.1) is 5.52 Å². The van der Waals surface area contributed by atoms with E-state index in [2.05, 4.69) is 55.6 Å². The number of pyridine rings is 1. The first-order valence-electron chi connectivity index (χ1n) is 7.29. The van der Waals surface area contributed by atoms with Gasteiger partial charge < -0.3 is 5.32 Å². The molecule has 0 saturated carbocycles. The molecule has 2 heteroatoms. The lowest BCUT2D eigenvalue weighted by Crippen LogP contribution is -2.46. The minimum Gasteiger partial charge on any atom is -0.311 e. The Labute approximate surface area is 115 Å². The zero-order valence-electron chi connectivity index (χ0n) is 11.8. The lowest BCUT2D eigenvalue weighted by Gasteiger charge is -2.33. The number of nitrogens with one attached hydrogen (secondary N) is 1. The molecule has 2 nitrogen and oxygen atoms in total. The third-order valence-corrected chi connectivity index (χ3v) is 4.53. The fourth-order valence-electron chi connectivity index (χ4n) is 3.21. The number of fused-ring (bicyclic) bond motifs is 1. The van der Waals surface area contributed by atoms with E-state index in [0.717, 1.165) is 18.5 Å². The molecule has 0 amide bonds. The minimum absolute atomic E-state index is 0.245. The van der Waals surface area contributed by atoms with Gasteiger partial charge in [0.15, 0.2) is 0 Å². The summed E-state index contributed by atoms with van der Waals surface area (Å²) in [7, 11) is 0. The second-order valence-electron chi connectivity index (χ2n) is 6.01. The average Bonchev–Trinajstić information content (AvgIpc) is 2.88. The number of para-hydroxylation sites is 1. The van der Waals surface area contributed by atoms with E-state index in [1.54, 1.807) is 0 Å². The Balaban J connectivity index is 1.92. The van der Waals surface area contributed by atoms with Crippen molar-refractivity contribution in [2.45, 2.75) is 38.6 Å². The summed E-state index contributed by atoms with van der Waals surface area (Å²) in [5.74, 6) is 0.642. The first-order chi connectivity index (χ1) is 9.20. The average molecular weight is 254 g/mol. The van der Waals surface area contributed by atoms with Crippen molar-refractivity contribution in [2.24, 2.45) is 5.92 Å². The highest BCUT2D eigenvalue weighted by atomic mass is 15.0. The van der Waals surface area contributed by atoms with Crippen molar-refractivity contribution in [3.63, 3.8) is 0 Å². The maximum Gasteiger partial charge on any atom is 0.0705 e. The first-order valence-corrected chi connectivity index (χ1v) is 7.29. The van der Waals surface area contributed by atoms with Crippen LogP contribution in [0.5, 0.6) is 0 Å². The molecule has 1 atom stereocenters. The van der Waals surface area contributed by atoms with Gasteiger partial charge in [-0.2, -0.15) is 0 Å². The summed E-state index contributed by atoms with van der Waals surface area (Å²) in [6.45, 7) is 5.78. The predicted molar refractivity (Wildman–Crippen MR) is 80.3 cm³/mol. The Morgan fingerprint density at radius 3 is 2.79 bits per heavy atom. The fraction of sp³-hybridized carbons (Fsp3) is 0.471. The number of hydrogen-bond acceptors (Lipinski definition) is 2. The van der Waals surface area contributed by atoms with E-state index in [4.69, 9.17) is 4.98 Å². The molecule has 1 unspecified atom stereocenters. The summed E-state index contributed by atoms with van der Waals surface area (Å²) in [5.41, 5.74) is 2.56.